The van der Waals surface area contributed by atoms with Crippen LogP contribution in [-0.2, 0) is 0 Å². The van der Waals surface area contributed by atoms with Crippen LogP contribution in [0.1, 0.15) is 23.0 Å². The summed E-state index contributed by atoms with van der Waals surface area (Å²) >= 11 is 6.11. The molecule has 1 amide bonds. The van der Waals surface area contributed by atoms with Gasteiger partial charge >= 0.3 is 0 Å². The monoisotopic (exact) mass is 381 g/mol. The highest BCUT2D eigenvalue weighted by atomic mass is 35.5. The van der Waals surface area contributed by atoms with Crippen molar-refractivity contribution in [1.29, 1.82) is 0 Å². The first-order valence-electron chi connectivity index (χ1n) is 8.60. The zero-order chi connectivity index (χ0) is 19.2. The van der Waals surface area contributed by atoms with Crippen molar-refractivity contribution in [2.75, 3.05) is 17.2 Å². The summed E-state index contributed by atoms with van der Waals surface area (Å²) in [5, 5.41) is 6.72. The first-order valence-corrected chi connectivity index (χ1v) is 8.97. The highest BCUT2D eigenvalue weighted by Gasteiger charge is 2.12. The van der Waals surface area contributed by atoms with E-state index in [1.54, 1.807) is 36.5 Å². The van der Waals surface area contributed by atoms with Gasteiger partial charge in [0.05, 0.1) is 12.3 Å². The van der Waals surface area contributed by atoms with Crippen molar-refractivity contribution in [3.8, 4) is 5.75 Å². The molecule has 5 nitrogen and oxygen atoms in total. The van der Waals surface area contributed by atoms with Crippen LogP contribution < -0.4 is 15.4 Å². The molecule has 2 aromatic carbocycles. The lowest BCUT2D eigenvalue weighted by Crippen LogP contribution is -2.14. The van der Waals surface area contributed by atoms with E-state index in [2.05, 4.69) is 15.6 Å². The SMILES string of the molecule is CCOc1ccccc1Nc1ccnc(C(=O)Nc2cccc(Cl)c2C)c1. The number of nitrogens with one attached hydrogen (secondary N) is 2. The first kappa shape index (κ1) is 18.7. The molecule has 0 bridgehead atoms. The van der Waals surface area contributed by atoms with Gasteiger partial charge in [0.15, 0.2) is 0 Å². The van der Waals surface area contributed by atoms with Gasteiger partial charge in [0, 0.05) is 22.6 Å². The maximum absolute atomic E-state index is 12.6. The van der Waals surface area contributed by atoms with Crippen LogP contribution in [0, 0.1) is 6.92 Å². The summed E-state index contributed by atoms with van der Waals surface area (Å²) in [4.78, 5) is 16.8. The molecule has 1 aromatic heterocycles. The van der Waals surface area contributed by atoms with Crippen LogP contribution >= 0.6 is 11.6 Å². The van der Waals surface area contributed by atoms with Gasteiger partial charge < -0.3 is 15.4 Å². The number of pyridine rings is 1. The molecular formula is C21H20ClN3O2. The second-order valence-corrected chi connectivity index (χ2v) is 6.26. The molecule has 1 heterocycles. The van der Waals surface area contributed by atoms with Gasteiger partial charge in [-0.25, -0.2) is 0 Å². The van der Waals surface area contributed by atoms with E-state index < -0.39 is 0 Å². The third-order valence-corrected chi connectivity index (χ3v) is 4.38. The van der Waals surface area contributed by atoms with Gasteiger partial charge in [0.2, 0.25) is 0 Å². The third-order valence-electron chi connectivity index (χ3n) is 3.97. The van der Waals surface area contributed by atoms with Gasteiger partial charge in [0.25, 0.3) is 5.91 Å². The zero-order valence-electron chi connectivity index (χ0n) is 15.1. The molecule has 0 spiro atoms. The Bertz CT molecular complexity index is 960. The number of carbonyl (C=O) groups excluding carboxylic acids is 1. The fourth-order valence-electron chi connectivity index (χ4n) is 2.57. The Kier molecular flexibility index (Phi) is 5.94. The van der Waals surface area contributed by atoms with Crippen molar-refractivity contribution < 1.29 is 9.53 Å². The molecule has 0 saturated heterocycles. The lowest BCUT2D eigenvalue weighted by molar-refractivity contribution is 0.102. The summed E-state index contributed by atoms with van der Waals surface area (Å²) in [6.45, 7) is 4.36. The van der Waals surface area contributed by atoms with Gasteiger partial charge in [-0.2, -0.15) is 0 Å². The third kappa shape index (κ3) is 4.57. The zero-order valence-corrected chi connectivity index (χ0v) is 15.9. The second kappa shape index (κ2) is 8.56. The van der Waals surface area contributed by atoms with Gasteiger partial charge in [-0.1, -0.05) is 29.8 Å². The molecule has 0 unspecified atom stereocenters. The molecule has 0 radical (unpaired) electrons. The Labute approximate surface area is 163 Å². The van der Waals surface area contributed by atoms with Gasteiger partial charge in [-0.15, -0.1) is 0 Å². The molecule has 0 aliphatic carbocycles. The standard InChI is InChI=1S/C21H20ClN3O2/c1-3-27-20-10-5-4-8-18(20)24-15-11-12-23-19(13-15)21(26)25-17-9-6-7-16(22)14(17)2/h4-13H,3H2,1-2H3,(H,23,24)(H,25,26). The number of halogens is 1. The molecule has 0 fully saturated rings. The molecule has 3 rings (SSSR count). The Morgan fingerprint density at radius 2 is 1.89 bits per heavy atom. The fraction of sp³-hybridized carbons (Fsp3) is 0.143. The predicted molar refractivity (Wildman–Crippen MR) is 109 cm³/mol. The van der Waals surface area contributed by atoms with Crippen molar-refractivity contribution in [3.63, 3.8) is 0 Å². The minimum Gasteiger partial charge on any atom is -0.492 e. The van der Waals surface area contributed by atoms with E-state index in [-0.39, 0.29) is 5.91 Å². The molecule has 138 valence electrons. The number of benzene rings is 2. The molecule has 27 heavy (non-hydrogen) atoms. The Morgan fingerprint density at radius 1 is 1.11 bits per heavy atom. The van der Waals surface area contributed by atoms with E-state index in [4.69, 9.17) is 16.3 Å². The maximum atomic E-state index is 12.6. The number of anilines is 3. The number of para-hydroxylation sites is 2. The van der Waals surface area contributed by atoms with Crippen LogP contribution in [-0.4, -0.2) is 17.5 Å². The van der Waals surface area contributed by atoms with Crippen LogP contribution in [0.5, 0.6) is 5.75 Å². The Hall–Kier alpha value is -3.05. The van der Waals surface area contributed by atoms with E-state index in [0.717, 1.165) is 22.7 Å². The van der Waals surface area contributed by atoms with E-state index in [1.165, 1.54) is 0 Å². The number of nitrogens with zero attached hydrogens (tertiary/aromatic N) is 1. The number of amides is 1. The summed E-state index contributed by atoms with van der Waals surface area (Å²) in [6, 6.07) is 16.5. The van der Waals surface area contributed by atoms with Crippen molar-refractivity contribution in [3.05, 3.63) is 77.1 Å². The van der Waals surface area contributed by atoms with E-state index in [1.807, 2.05) is 38.1 Å². The number of carbonyl (C=O) groups is 1. The van der Waals surface area contributed by atoms with Crippen molar-refractivity contribution >= 4 is 34.6 Å². The average molecular weight is 382 g/mol. The number of aromatic nitrogens is 1. The van der Waals surface area contributed by atoms with Gasteiger partial charge in [-0.3, -0.25) is 9.78 Å². The average Bonchev–Trinajstić information content (AvgIpc) is 2.67. The number of rotatable bonds is 6. The highest BCUT2D eigenvalue weighted by Crippen LogP contribution is 2.28. The summed E-state index contributed by atoms with van der Waals surface area (Å²) in [5.41, 5.74) is 3.34. The van der Waals surface area contributed by atoms with E-state index in [9.17, 15) is 4.79 Å². The summed E-state index contributed by atoms with van der Waals surface area (Å²) < 4.78 is 5.62. The van der Waals surface area contributed by atoms with Crippen LogP contribution in [0.3, 0.4) is 0 Å². The molecule has 3 aromatic rings. The predicted octanol–water partition coefficient (Wildman–Crippen LogP) is 5.44. The molecule has 0 atom stereocenters. The summed E-state index contributed by atoms with van der Waals surface area (Å²) in [6.07, 6.45) is 1.59. The minimum absolute atomic E-state index is 0.299. The maximum Gasteiger partial charge on any atom is 0.274 e. The summed E-state index contributed by atoms with van der Waals surface area (Å²) in [7, 11) is 0. The molecular weight excluding hydrogens is 362 g/mol. The molecule has 0 aliphatic rings. The van der Waals surface area contributed by atoms with Crippen molar-refractivity contribution in [2.45, 2.75) is 13.8 Å². The lowest BCUT2D eigenvalue weighted by Gasteiger charge is -2.13. The van der Waals surface area contributed by atoms with Crippen LogP contribution in [0.15, 0.2) is 60.8 Å². The Balaban J connectivity index is 1.79. The van der Waals surface area contributed by atoms with Crippen molar-refractivity contribution in [1.82, 2.24) is 4.98 Å². The van der Waals surface area contributed by atoms with Crippen molar-refractivity contribution in [2.24, 2.45) is 0 Å². The topological polar surface area (TPSA) is 63.2 Å². The van der Waals surface area contributed by atoms with Crippen LogP contribution in [0.4, 0.5) is 17.1 Å². The first-order chi connectivity index (χ1) is 13.1. The molecule has 0 aliphatic heterocycles. The quantitative estimate of drug-likeness (QED) is 0.597. The van der Waals surface area contributed by atoms with E-state index in [0.29, 0.717) is 23.0 Å². The Morgan fingerprint density at radius 3 is 2.70 bits per heavy atom. The van der Waals surface area contributed by atoms with Crippen LogP contribution in [0.2, 0.25) is 5.02 Å². The highest BCUT2D eigenvalue weighted by molar-refractivity contribution is 6.31. The minimum atomic E-state index is -0.304. The normalized spacial score (nSPS) is 10.3. The smallest absolute Gasteiger partial charge is 0.274 e. The van der Waals surface area contributed by atoms with Gasteiger partial charge in [0.1, 0.15) is 11.4 Å². The van der Waals surface area contributed by atoms with Crippen LogP contribution in [0.25, 0.3) is 0 Å². The second-order valence-electron chi connectivity index (χ2n) is 5.85. The lowest BCUT2D eigenvalue weighted by atomic mass is 10.2. The van der Waals surface area contributed by atoms with E-state index >= 15 is 0 Å². The fourth-order valence-corrected chi connectivity index (χ4v) is 2.74. The number of ether oxygens (including phenoxy) is 1. The molecule has 2 N–H and O–H groups in total. The van der Waals surface area contributed by atoms with Gasteiger partial charge in [-0.05, 0) is 55.8 Å². The summed E-state index contributed by atoms with van der Waals surface area (Å²) in [5.74, 6) is 0.444. The largest absolute Gasteiger partial charge is 0.492 e. The number of hydrogen-bond acceptors (Lipinski definition) is 4. The molecule has 6 heteroatoms. The molecule has 0 saturated carbocycles. The number of hydrogen-bond donors (Lipinski definition) is 2.